The normalized spacial score (nSPS) is 15.8. The summed E-state index contributed by atoms with van der Waals surface area (Å²) in [6, 6.07) is 8.37. The molecule has 0 aliphatic rings. The zero-order valence-corrected chi connectivity index (χ0v) is 11.3. The van der Waals surface area contributed by atoms with Crippen molar-refractivity contribution in [2.75, 3.05) is 5.75 Å². The van der Waals surface area contributed by atoms with Gasteiger partial charge in [0.15, 0.2) is 9.84 Å². The minimum atomic E-state index is -3.30. The van der Waals surface area contributed by atoms with E-state index in [1.54, 1.807) is 37.3 Å². The standard InChI is InChI=1S/C13H20O3S/c1-10(2)13(14)11(3)9-17(15,16)12-7-5-4-6-8-12/h4-8,10-11,13-14H,9H2,1-3H3/t11-,13-/m1/s1. The van der Waals surface area contributed by atoms with Crippen LogP contribution in [-0.2, 0) is 9.84 Å². The van der Waals surface area contributed by atoms with Gasteiger partial charge in [0, 0.05) is 0 Å². The third-order valence-corrected chi connectivity index (χ3v) is 4.81. The lowest BCUT2D eigenvalue weighted by molar-refractivity contribution is 0.0812. The lowest BCUT2D eigenvalue weighted by Crippen LogP contribution is -2.29. The molecule has 0 saturated heterocycles. The van der Waals surface area contributed by atoms with E-state index >= 15 is 0 Å². The molecule has 1 aromatic carbocycles. The summed E-state index contributed by atoms with van der Waals surface area (Å²) in [6.07, 6.45) is -0.589. The van der Waals surface area contributed by atoms with Gasteiger partial charge in [-0.05, 0) is 24.0 Å². The zero-order chi connectivity index (χ0) is 13.1. The van der Waals surface area contributed by atoms with Gasteiger partial charge in [0.25, 0.3) is 0 Å². The van der Waals surface area contributed by atoms with Crippen molar-refractivity contribution in [2.45, 2.75) is 31.8 Å². The number of hydrogen-bond donors (Lipinski definition) is 1. The molecule has 1 N–H and O–H groups in total. The van der Waals surface area contributed by atoms with Crippen molar-refractivity contribution >= 4 is 9.84 Å². The Labute approximate surface area is 103 Å². The molecule has 3 nitrogen and oxygen atoms in total. The highest BCUT2D eigenvalue weighted by molar-refractivity contribution is 7.91. The first-order chi connectivity index (χ1) is 7.84. The fourth-order valence-electron chi connectivity index (χ4n) is 1.83. The maximum absolute atomic E-state index is 12.1. The largest absolute Gasteiger partial charge is 0.393 e. The average Bonchev–Trinajstić information content (AvgIpc) is 2.28. The molecular weight excluding hydrogens is 236 g/mol. The summed E-state index contributed by atoms with van der Waals surface area (Å²) < 4.78 is 24.1. The first-order valence-corrected chi connectivity index (χ1v) is 7.45. The lowest BCUT2D eigenvalue weighted by atomic mass is 9.97. The number of sulfone groups is 1. The van der Waals surface area contributed by atoms with E-state index in [4.69, 9.17) is 0 Å². The first-order valence-electron chi connectivity index (χ1n) is 5.80. The van der Waals surface area contributed by atoms with Crippen LogP contribution in [0.5, 0.6) is 0 Å². The van der Waals surface area contributed by atoms with Crippen LogP contribution >= 0.6 is 0 Å². The highest BCUT2D eigenvalue weighted by Gasteiger charge is 2.24. The smallest absolute Gasteiger partial charge is 0.178 e. The number of benzene rings is 1. The zero-order valence-electron chi connectivity index (χ0n) is 10.5. The van der Waals surface area contributed by atoms with Crippen LogP contribution in [0.4, 0.5) is 0 Å². The Kier molecular flexibility index (Phi) is 4.71. The van der Waals surface area contributed by atoms with Crippen molar-refractivity contribution in [3.63, 3.8) is 0 Å². The Morgan fingerprint density at radius 3 is 2.12 bits per heavy atom. The summed E-state index contributed by atoms with van der Waals surface area (Å²) in [5, 5.41) is 9.84. The summed E-state index contributed by atoms with van der Waals surface area (Å²) in [4.78, 5) is 0.322. The third-order valence-electron chi connectivity index (χ3n) is 2.85. The lowest BCUT2D eigenvalue weighted by Gasteiger charge is -2.21. The minimum Gasteiger partial charge on any atom is -0.393 e. The van der Waals surface area contributed by atoms with Crippen LogP contribution < -0.4 is 0 Å². The third kappa shape index (κ3) is 3.82. The van der Waals surface area contributed by atoms with E-state index < -0.39 is 15.9 Å². The van der Waals surface area contributed by atoms with Gasteiger partial charge in [0.05, 0.1) is 16.8 Å². The van der Waals surface area contributed by atoms with Crippen LogP contribution in [0.3, 0.4) is 0 Å². The predicted molar refractivity (Wildman–Crippen MR) is 68.5 cm³/mol. The Balaban J connectivity index is 2.81. The van der Waals surface area contributed by atoms with E-state index in [1.165, 1.54) is 0 Å². The fraction of sp³-hybridized carbons (Fsp3) is 0.538. The Bertz CT molecular complexity index is 437. The van der Waals surface area contributed by atoms with E-state index in [0.717, 1.165) is 0 Å². The molecule has 0 bridgehead atoms. The SMILES string of the molecule is CC(C)[C@@H](O)[C@H](C)CS(=O)(=O)c1ccccc1. The van der Waals surface area contributed by atoms with Gasteiger partial charge < -0.3 is 5.11 Å². The molecule has 0 unspecified atom stereocenters. The van der Waals surface area contributed by atoms with E-state index in [0.29, 0.717) is 4.90 Å². The van der Waals surface area contributed by atoms with Gasteiger partial charge in [0.2, 0.25) is 0 Å². The van der Waals surface area contributed by atoms with E-state index in [9.17, 15) is 13.5 Å². The molecule has 1 rings (SSSR count). The van der Waals surface area contributed by atoms with Crippen molar-refractivity contribution in [1.29, 1.82) is 0 Å². The maximum atomic E-state index is 12.1. The van der Waals surface area contributed by atoms with Gasteiger partial charge >= 0.3 is 0 Å². The number of hydrogen-bond acceptors (Lipinski definition) is 3. The second kappa shape index (κ2) is 5.65. The van der Waals surface area contributed by atoms with Crippen LogP contribution in [0.15, 0.2) is 35.2 Å². The monoisotopic (exact) mass is 256 g/mol. The molecule has 0 spiro atoms. The highest BCUT2D eigenvalue weighted by Crippen LogP contribution is 2.19. The molecule has 0 saturated carbocycles. The molecule has 1 aromatic rings. The number of rotatable bonds is 5. The summed E-state index contributed by atoms with van der Waals surface area (Å²) in [5.41, 5.74) is 0. The van der Waals surface area contributed by atoms with Gasteiger partial charge in [0.1, 0.15) is 0 Å². The Morgan fingerprint density at radius 2 is 1.65 bits per heavy atom. The summed E-state index contributed by atoms with van der Waals surface area (Å²) in [5.74, 6) is -0.215. The van der Waals surface area contributed by atoms with Crippen LogP contribution in [0.25, 0.3) is 0 Å². The second-order valence-electron chi connectivity index (χ2n) is 4.81. The van der Waals surface area contributed by atoms with Crippen molar-refractivity contribution in [2.24, 2.45) is 11.8 Å². The fourth-order valence-corrected chi connectivity index (χ4v) is 3.48. The van der Waals surface area contributed by atoms with Crippen LogP contribution in [0.2, 0.25) is 0 Å². The van der Waals surface area contributed by atoms with Crippen molar-refractivity contribution < 1.29 is 13.5 Å². The van der Waals surface area contributed by atoms with Gasteiger partial charge in [-0.1, -0.05) is 39.0 Å². The topological polar surface area (TPSA) is 54.4 Å². The van der Waals surface area contributed by atoms with Crippen molar-refractivity contribution in [3.05, 3.63) is 30.3 Å². The average molecular weight is 256 g/mol. The molecule has 0 fully saturated rings. The molecule has 0 amide bonds. The first kappa shape index (κ1) is 14.2. The van der Waals surface area contributed by atoms with Crippen LogP contribution in [0, 0.1) is 11.8 Å². The van der Waals surface area contributed by atoms with Crippen LogP contribution in [0.1, 0.15) is 20.8 Å². The molecule has 2 atom stereocenters. The predicted octanol–water partition coefficient (Wildman–Crippen LogP) is 2.11. The molecule has 96 valence electrons. The summed E-state index contributed by atoms with van der Waals surface area (Å²) in [7, 11) is -3.30. The second-order valence-corrected chi connectivity index (χ2v) is 6.84. The molecule has 0 aromatic heterocycles. The minimum absolute atomic E-state index is 0.0175. The van der Waals surface area contributed by atoms with E-state index in [-0.39, 0.29) is 17.6 Å². The van der Waals surface area contributed by atoms with Crippen LogP contribution in [-0.4, -0.2) is 25.4 Å². The summed E-state index contributed by atoms with van der Waals surface area (Å²) in [6.45, 7) is 5.54. The van der Waals surface area contributed by atoms with Gasteiger partial charge in [-0.2, -0.15) is 0 Å². The van der Waals surface area contributed by atoms with Gasteiger partial charge in [-0.25, -0.2) is 8.42 Å². The quantitative estimate of drug-likeness (QED) is 0.878. The number of aliphatic hydroxyl groups excluding tert-OH is 1. The van der Waals surface area contributed by atoms with E-state index in [2.05, 4.69) is 0 Å². The molecule has 0 aliphatic heterocycles. The van der Waals surface area contributed by atoms with E-state index in [1.807, 2.05) is 13.8 Å². The highest BCUT2D eigenvalue weighted by atomic mass is 32.2. The van der Waals surface area contributed by atoms with Crippen molar-refractivity contribution in [3.8, 4) is 0 Å². The summed E-state index contributed by atoms with van der Waals surface area (Å²) >= 11 is 0. The molecule has 0 radical (unpaired) electrons. The molecular formula is C13H20O3S. The maximum Gasteiger partial charge on any atom is 0.178 e. The van der Waals surface area contributed by atoms with Crippen molar-refractivity contribution in [1.82, 2.24) is 0 Å². The van der Waals surface area contributed by atoms with Gasteiger partial charge in [-0.3, -0.25) is 0 Å². The molecule has 17 heavy (non-hydrogen) atoms. The Morgan fingerprint density at radius 1 is 1.12 bits per heavy atom. The molecule has 0 heterocycles. The number of aliphatic hydroxyl groups is 1. The van der Waals surface area contributed by atoms with Gasteiger partial charge in [-0.15, -0.1) is 0 Å². The molecule has 0 aliphatic carbocycles. The molecule has 4 heteroatoms. The Hall–Kier alpha value is -0.870.